The maximum Gasteiger partial charge on any atom is 0.416 e. The highest BCUT2D eigenvalue weighted by molar-refractivity contribution is 5.91. The Hall–Kier alpha value is -2.97. The van der Waals surface area contributed by atoms with Crippen molar-refractivity contribution in [3.8, 4) is 0 Å². The Kier molecular flexibility index (Phi) is 8.43. The molecule has 4 rings (SSSR count). The standard InChI is InChI=1S/C29H37F3N2O4/c1-17(2)20-7-5-19(6-8-20)13-14-37-27(35)33-24-16-26(21-9-10-21)34(28(36)38-18(3)4)25-12-11-22(15-23(24)25)29(30,31)32/h5,11-12,15,18,20-21,24,26H,1,6-10,13-14,16H2,2-4H3,(H,33,35). The number of hydrogen-bond donors (Lipinski definition) is 1. The van der Waals surface area contributed by atoms with Gasteiger partial charge in [0.1, 0.15) is 0 Å². The van der Waals surface area contributed by atoms with Crippen LogP contribution >= 0.6 is 0 Å². The number of carbonyl (C=O) groups excluding carboxylic acids is 2. The summed E-state index contributed by atoms with van der Waals surface area (Å²) in [6.45, 7) is 9.71. The Bertz CT molecular complexity index is 1090. The summed E-state index contributed by atoms with van der Waals surface area (Å²) in [5, 5.41) is 2.79. The third-order valence-corrected chi connectivity index (χ3v) is 7.65. The first-order valence-electron chi connectivity index (χ1n) is 13.4. The van der Waals surface area contributed by atoms with E-state index in [9.17, 15) is 22.8 Å². The molecular weight excluding hydrogens is 497 g/mol. The van der Waals surface area contributed by atoms with Crippen LogP contribution in [-0.2, 0) is 15.7 Å². The van der Waals surface area contributed by atoms with Crippen LogP contribution in [-0.4, -0.2) is 30.9 Å². The lowest BCUT2D eigenvalue weighted by Gasteiger charge is -2.41. The monoisotopic (exact) mass is 534 g/mol. The van der Waals surface area contributed by atoms with Crippen molar-refractivity contribution in [3.05, 3.63) is 53.1 Å². The number of carbonyl (C=O) groups is 2. The van der Waals surface area contributed by atoms with E-state index in [0.717, 1.165) is 44.2 Å². The van der Waals surface area contributed by atoms with E-state index in [0.29, 0.717) is 18.0 Å². The van der Waals surface area contributed by atoms with Crippen molar-refractivity contribution in [1.82, 2.24) is 5.32 Å². The minimum atomic E-state index is -4.56. The quantitative estimate of drug-likeness (QED) is 0.364. The second kappa shape index (κ2) is 11.4. The largest absolute Gasteiger partial charge is 0.449 e. The maximum atomic E-state index is 13.6. The molecule has 1 aliphatic heterocycles. The van der Waals surface area contributed by atoms with Gasteiger partial charge in [0.05, 0.1) is 30.0 Å². The first-order chi connectivity index (χ1) is 17.9. The van der Waals surface area contributed by atoms with E-state index in [1.165, 1.54) is 22.1 Å². The van der Waals surface area contributed by atoms with Crippen LogP contribution in [0.5, 0.6) is 0 Å². The van der Waals surface area contributed by atoms with Crippen molar-refractivity contribution < 1.29 is 32.2 Å². The van der Waals surface area contributed by atoms with E-state index in [1.54, 1.807) is 13.8 Å². The number of ether oxygens (including phenoxy) is 2. The van der Waals surface area contributed by atoms with Gasteiger partial charge in [-0.15, -0.1) is 0 Å². The van der Waals surface area contributed by atoms with Gasteiger partial charge < -0.3 is 14.8 Å². The molecule has 1 fully saturated rings. The molecular formula is C29H37F3N2O4. The Labute approximate surface area is 222 Å². The van der Waals surface area contributed by atoms with Crippen LogP contribution in [0.4, 0.5) is 28.4 Å². The SMILES string of the molecule is C=C(C)C1CC=C(CCOC(=O)NC2CC(C3CC3)N(C(=O)OC(C)C)c3ccc(C(F)(F)F)cc32)CC1. The van der Waals surface area contributed by atoms with Gasteiger partial charge in [-0.05, 0) is 94.9 Å². The Morgan fingerprint density at radius 3 is 2.53 bits per heavy atom. The molecule has 0 bridgehead atoms. The summed E-state index contributed by atoms with van der Waals surface area (Å²) in [7, 11) is 0. The average Bonchev–Trinajstić information content (AvgIpc) is 3.68. The summed E-state index contributed by atoms with van der Waals surface area (Å²) in [5.41, 5.74) is 2.14. The molecule has 3 aliphatic rings. The normalized spacial score (nSPS) is 23.4. The van der Waals surface area contributed by atoms with Crippen molar-refractivity contribution >= 4 is 17.9 Å². The molecule has 2 aliphatic carbocycles. The minimum Gasteiger partial charge on any atom is -0.449 e. The highest BCUT2D eigenvalue weighted by Crippen LogP contribution is 2.48. The van der Waals surface area contributed by atoms with Crippen LogP contribution in [0.15, 0.2) is 42.0 Å². The molecule has 1 saturated carbocycles. The van der Waals surface area contributed by atoms with E-state index >= 15 is 0 Å². The highest BCUT2D eigenvalue weighted by Gasteiger charge is 2.46. The zero-order valence-electron chi connectivity index (χ0n) is 22.3. The zero-order valence-corrected chi connectivity index (χ0v) is 22.3. The number of hydrogen-bond acceptors (Lipinski definition) is 4. The molecule has 38 heavy (non-hydrogen) atoms. The fraction of sp³-hybridized carbons (Fsp3) is 0.586. The lowest BCUT2D eigenvalue weighted by molar-refractivity contribution is -0.137. The van der Waals surface area contributed by atoms with Gasteiger partial charge in [-0.3, -0.25) is 4.90 Å². The van der Waals surface area contributed by atoms with Crippen LogP contribution in [0.25, 0.3) is 0 Å². The van der Waals surface area contributed by atoms with E-state index in [4.69, 9.17) is 9.47 Å². The molecule has 9 heteroatoms. The van der Waals surface area contributed by atoms with Gasteiger partial charge >= 0.3 is 18.4 Å². The molecule has 3 atom stereocenters. The number of alkyl halides is 3. The number of benzene rings is 1. The number of rotatable bonds is 7. The molecule has 208 valence electrons. The molecule has 0 aromatic heterocycles. The summed E-state index contributed by atoms with van der Waals surface area (Å²) in [4.78, 5) is 27.3. The number of allylic oxidation sites excluding steroid dienone is 2. The molecule has 6 nitrogen and oxygen atoms in total. The van der Waals surface area contributed by atoms with Crippen LogP contribution < -0.4 is 10.2 Å². The topological polar surface area (TPSA) is 67.9 Å². The van der Waals surface area contributed by atoms with Crippen LogP contribution in [0.2, 0.25) is 0 Å². The third kappa shape index (κ3) is 6.72. The number of nitrogens with one attached hydrogen (secondary N) is 1. The number of halogens is 3. The molecule has 0 saturated heterocycles. The second-order valence-corrected chi connectivity index (χ2v) is 11.0. The van der Waals surface area contributed by atoms with E-state index in [1.807, 2.05) is 6.92 Å². The summed E-state index contributed by atoms with van der Waals surface area (Å²) < 4.78 is 51.6. The summed E-state index contributed by atoms with van der Waals surface area (Å²) in [6.07, 6.45) is 1.61. The summed E-state index contributed by atoms with van der Waals surface area (Å²) >= 11 is 0. The Balaban J connectivity index is 1.49. The van der Waals surface area contributed by atoms with Gasteiger partial charge in [0.15, 0.2) is 0 Å². The molecule has 1 aromatic rings. The van der Waals surface area contributed by atoms with Gasteiger partial charge in [0.2, 0.25) is 0 Å². The summed E-state index contributed by atoms with van der Waals surface area (Å²) in [5.74, 6) is 0.694. The third-order valence-electron chi connectivity index (χ3n) is 7.65. The van der Waals surface area contributed by atoms with Crippen molar-refractivity contribution in [2.75, 3.05) is 11.5 Å². The molecule has 1 aromatic carbocycles. The first-order valence-corrected chi connectivity index (χ1v) is 13.4. The van der Waals surface area contributed by atoms with Gasteiger partial charge in [-0.25, -0.2) is 9.59 Å². The lowest BCUT2D eigenvalue weighted by Crippen LogP contribution is -2.49. The van der Waals surface area contributed by atoms with Crippen LogP contribution in [0.3, 0.4) is 0 Å². The van der Waals surface area contributed by atoms with Gasteiger partial charge in [0.25, 0.3) is 0 Å². The predicted octanol–water partition coefficient (Wildman–Crippen LogP) is 7.70. The zero-order chi connectivity index (χ0) is 27.6. The number of fused-ring (bicyclic) bond motifs is 1. The van der Waals surface area contributed by atoms with Gasteiger partial charge in [0, 0.05) is 12.5 Å². The highest BCUT2D eigenvalue weighted by atomic mass is 19.4. The van der Waals surface area contributed by atoms with Gasteiger partial charge in [-0.1, -0.05) is 23.8 Å². The summed E-state index contributed by atoms with van der Waals surface area (Å²) in [6, 6.07) is 2.28. The van der Waals surface area contributed by atoms with Crippen molar-refractivity contribution in [2.45, 2.75) is 90.1 Å². The first kappa shape index (κ1) is 28.0. The molecule has 0 spiro atoms. The molecule has 0 radical (unpaired) electrons. The van der Waals surface area contributed by atoms with E-state index in [2.05, 4.69) is 18.0 Å². The number of alkyl carbamates (subject to hydrolysis) is 1. The fourth-order valence-electron chi connectivity index (χ4n) is 5.42. The van der Waals surface area contributed by atoms with Crippen LogP contribution in [0, 0.1) is 11.8 Å². The van der Waals surface area contributed by atoms with Crippen molar-refractivity contribution in [2.24, 2.45) is 11.8 Å². The molecule has 1 N–H and O–H groups in total. The number of amides is 2. The van der Waals surface area contributed by atoms with Gasteiger partial charge in [-0.2, -0.15) is 13.2 Å². The average molecular weight is 535 g/mol. The fourth-order valence-corrected chi connectivity index (χ4v) is 5.42. The van der Waals surface area contributed by atoms with Crippen molar-refractivity contribution in [3.63, 3.8) is 0 Å². The molecule has 1 heterocycles. The predicted molar refractivity (Wildman–Crippen MR) is 139 cm³/mol. The minimum absolute atomic E-state index is 0.191. The number of nitrogens with zero attached hydrogens (tertiary/aromatic N) is 1. The van der Waals surface area contributed by atoms with Crippen molar-refractivity contribution in [1.29, 1.82) is 0 Å². The van der Waals surface area contributed by atoms with E-state index in [-0.39, 0.29) is 36.7 Å². The molecule has 2 amide bonds. The van der Waals surface area contributed by atoms with E-state index < -0.39 is 30.0 Å². The smallest absolute Gasteiger partial charge is 0.416 e. The maximum absolute atomic E-state index is 13.6. The second-order valence-electron chi connectivity index (χ2n) is 11.0. The Morgan fingerprint density at radius 1 is 1.21 bits per heavy atom. The Morgan fingerprint density at radius 2 is 1.95 bits per heavy atom. The van der Waals surface area contributed by atoms with Crippen LogP contribution in [0.1, 0.15) is 82.9 Å². The number of anilines is 1. The lowest BCUT2D eigenvalue weighted by atomic mass is 9.85. The molecule has 3 unspecified atom stereocenters.